The minimum atomic E-state index is -2.15. The summed E-state index contributed by atoms with van der Waals surface area (Å²) in [4.78, 5) is 90.5. The monoisotopic (exact) mass is 1010 g/mol. The Kier molecular flexibility index (Phi) is 23.6. The van der Waals surface area contributed by atoms with Gasteiger partial charge in [-0.25, -0.2) is 0 Å². The molecular formula is C48H76N6O17. The van der Waals surface area contributed by atoms with Crippen molar-refractivity contribution in [3.63, 3.8) is 0 Å². The zero-order chi connectivity index (χ0) is 54.7. The van der Waals surface area contributed by atoms with Crippen LogP contribution in [0, 0.1) is 34.6 Å². The highest BCUT2D eigenvalue weighted by atomic mass is 16.4. The van der Waals surface area contributed by atoms with Gasteiger partial charge < -0.3 is 85.6 Å². The quantitative estimate of drug-likeness (QED) is 0.0472. The topological polar surface area (TPSA) is 344 Å². The average Bonchev–Trinajstić information content (AvgIpc) is 3.31. The van der Waals surface area contributed by atoms with Gasteiger partial charge in [0.25, 0.3) is 23.6 Å². The third-order valence-corrected chi connectivity index (χ3v) is 12.5. The van der Waals surface area contributed by atoms with Crippen molar-refractivity contribution in [2.24, 2.45) is 0 Å². The largest absolute Gasteiger partial charge is 0.394 e. The third kappa shape index (κ3) is 14.5. The van der Waals surface area contributed by atoms with Crippen molar-refractivity contribution in [2.75, 3.05) is 104 Å². The number of amides is 6. The van der Waals surface area contributed by atoms with E-state index in [1.54, 1.807) is 6.92 Å². The molecule has 71 heavy (non-hydrogen) atoms. The highest BCUT2D eigenvalue weighted by Gasteiger charge is 2.38. The summed E-state index contributed by atoms with van der Waals surface area (Å²) in [5.41, 5.74) is 0.439. The number of carbonyl (C=O) groups is 6. The van der Waals surface area contributed by atoms with Gasteiger partial charge in [0.05, 0.1) is 75.3 Å². The van der Waals surface area contributed by atoms with E-state index in [4.69, 9.17) is 0 Å². The van der Waals surface area contributed by atoms with Crippen molar-refractivity contribution in [3.05, 3.63) is 55.6 Å². The van der Waals surface area contributed by atoms with Crippen LogP contribution in [0.2, 0.25) is 0 Å². The molecule has 0 spiro atoms. The number of benzene rings is 2. The fourth-order valence-electron chi connectivity index (χ4n) is 8.86. The van der Waals surface area contributed by atoms with Crippen LogP contribution < -0.4 is 9.80 Å². The lowest BCUT2D eigenvalue weighted by Gasteiger charge is -2.35. The third-order valence-electron chi connectivity index (χ3n) is 12.5. The molecule has 11 N–H and O–H groups in total. The summed E-state index contributed by atoms with van der Waals surface area (Å²) in [5.74, 6) is -4.43. The molecule has 2 aromatic carbocycles. The van der Waals surface area contributed by atoms with E-state index in [0.29, 0.717) is 0 Å². The molecule has 7 unspecified atom stereocenters. The van der Waals surface area contributed by atoms with E-state index in [1.807, 2.05) is 0 Å². The van der Waals surface area contributed by atoms with E-state index in [9.17, 15) is 84.9 Å². The van der Waals surface area contributed by atoms with Crippen molar-refractivity contribution in [3.8, 4) is 0 Å². The second kappa shape index (κ2) is 27.0. The zero-order valence-electron chi connectivity index (χ0n) is 42.9. The van der Waals surface area contributed by atoms with Gasteiger partial charge in [-0.3, -0.25) is 28.8 Å². The SMILES string of the molecule is CCc1c(C(=O)N(C)CC(O)CO)c(C)c(C(=O)N(C)CC(O)CO)c(C)c1N(CC(O)C(O)C(O)CN(C(C)=O)c1c(C)c(C(=O)N(C)CC(O)CO)c(C)c(C(=O)N(C)CC(O)CO)c1C)C(C)=O. The molecular weight excluding hydrogens is 933 g/mol. The van der Waals surface area contributed by atoms with Crippen LogP contribution in [-0.4, -0.2) is 248 Å². The van der Waals surface area contributed by atoms with Gasteiger partial charge in [0, 0.05) is 90.5 Å². The van der Waals surface area contributed by atoms with Crippen LogP contribution in [0.3, 0.4) is 0 Å². The van der Waals surface area contributed by atoms with Gasteiger partial charge >= 0.3 is 0 Å². The molecule has 2 rings (SSSR count). The standard InChI is InChI=1S/C48H76N6O17/c1-13-35-41(48(71)52(12)17-34(64)23-58)25(3)40(47(70)51(11)16-33(63)22-57)28(6)43(35)54(30(8)60)19-37(66)44(67)36(65)18-53(29(7)59)42-26(4)38(45(68)49(9)14-31(61)20-55)24(2)39(27(42)5)46(69)50(10)15-32(62)21-56/h31-34,36-37,44,55-58,61-67H,13-23H2,1-12H3. The predicted octanol–water partition coefficient (Wildman–Crippen LogP) is -3.02. The van der Waals surface area contributed by atoms with E-state index >= 15 is 0 Å². The van der Waals surface area contributed by atoms with Crippen LogP contribution in [-0.2, 0) is 16.0 Å². The van der Waals surface area contributed by atoms with E-state index in [0.717, 1.165) is 43.2 Å². The van der Waals surface area contributed by atoms with Crippen molar-refractivity contribution in [1.82, 2.24) is 19.6 Å². The smallest absolute Gasteiger partial charge is 0.254 e. The summed E-state index contributed by atoms with van der Waals surface area (Å²) in [7, 11) is 5.37. The average molecular weight is 1010 g/mol. The Balaban J connectivity index is 2.89. The Labute approximate surface area is 414 Å². The number of likely N-dealkylation sites (N-methyl/N-ethyl adjacent to an activating group) is 4. The molecule has 0 heterocycles. The van der Waals surface area contributed by atoms with Gasteiger partial charge in [0.1, 0.15) is 18.3 Å². The molecule has 6 amide bonds. The Bertz CT molecular complexity index is 2190. The number of aliphatic hydroxyl groups is 11. The van der Waals surface area contributed by atoms with E-state index in [1.165, 1.54) is 62.8 Å². The summed E-state index contributed by atoms with van der Waals surface area (Å²) in [5, 5.41) is 114. The van der Waals surface area contributed by atoms with Crippen LogP contribution in [0.1, 0.15) is 95.6 Å². The van der Waals surface area contributed by atoms with E-state index in [2.05, 4.69) is 0 Å². The molecule has 0 saturated carbocycles. The fraction of sp³-hybridized carbons (Fsp3) is 0.625. The highest BCUT2D eigenvalue weighted by molar-refractivity contribution is 6.09. The van der Waals surface area contributed by atoms with Crippen LogP contribution in [0.4, 0.5) is 11.4 Å². The first-order valence-electron chi connectivity index (χ1n) is 23.1. The van der Waals surface area contributed by atoms with Gasteiger partial charge in [0.2, 0.25) is 11.8 Å². The molecule has 0 saturated heterocycles. The maximum Gasteiger partial charge on any atom is 0.254 e. The summed E-state index contributed by atoms with van der Waals surface area (Å²) in [6.07, 6.45) is -11.5. The summed E-state index contributed by atoms with van der Waals surface area (Å²) >= 11 is 0. The van der Waals surface area contributed by atoms with Crippen LogP contribution in [0.25, 0.3) is 0 Å². The van der Waals surface area contributed by atoms with Crippen molar-refractivity contribution in [2.45, 2.75) is 105 Å². The van der Waals surface area contributed by atoms with Crippen molar-refractivity contribution < 1.29 is 84.9 Å². The predicted molar refractivity (Wildman–Crippen MR) is 260 cm³/mol. The van der Waals surface area contributed by atoms with Gasteiger partial charge in [-0.2, -0.15) is 0 Å². The van der Waals surface area contributed by atoms with Gasteiger partial charge in [-0.15, -0.1) is 0 Å². The molecule has 0 bridgehead atoms. The Morgan fingerprint density at radius 3 is 0.930 bits per heavy atom. The summed E-state index contributed by atoms with van der Waals surface area (Å²) in [6.45, 7) is 5.65. The Hall–Kier alpha value is -5.18. The molecule has 0 aromatic heterocycles. The number of hydrogen-bond donors (Lipinski definition) is 11. The first kappa shape index (κ1) is 61.9. The lowest BCUT2D eigenvalue weighted by Crippen LogP contribution is -2.51. The Morgan fingerprint density at radius 1 is 0.408 bits per heavy atom. The molecule has 2 aromatic rings. The molecule has 400 valence electrons. The number of carbonyl (C=O) groups excluding carboxylic acids is 6. The Morgan fingerprint density at radius 2 is 0.662 bits per heavy atom. The molecule has 23 heteroatoms. The second-order valence-corrected chi connectivity index (χ2v) is 18.1. The number of hydrogen-bond acceptors (Lipinski definition) is 17. The molecule has 7 atom stereocenters. The van der Waals surface area contributed by atoms with Crippen LogP contribution in [0.5, 0.6) is 0 Å². The zero-order valence-corrected chi connectivity index (χ0v) is 42.9. The molecule has 0 aliphatic heterocycles. The van der Waals surface area contributed by atoms with E-state index in [-0.39, 0.29) is 99.6 Å². The van der Waals surface area contributed by atoms with Crippen molar-refractivity contribution >= 4 is 46.8 Å². The maximum atomic E-state index is 14.3. The van der Waals surface area contributed by atoms with Crippen LogP contribution in [0.15, 0.2) is 0 Å². The minimum absolute atomic E-state index is 0.0242. The van der Waals surface area contributed by atoms with Gasteiger partial charge in [-0.05, 0) is 74.4 Å². The van der Waals surface area contributed by atoms with Crippen LogP contribution >= 0.6 is 0 Å². The summed E-state index contributed by atoms with van der Waals surface area (Å²) < 4.78 is 0. The second-order valence-electron chi connectivity index (χ2n) is 18.1. The maximum absolute atomic E-state index is 14.3. The minimum Gasteiger partial charge on any atom is -0.394 e. The number of aliphatic hydroxyl groups excluding tert-OH is 11. The normalized spacial score (nSPS) is 14.4. The van der Waals surface area contributed by atoms with Crippen molar-refractivity contribution in [1.29, 1.82) is 0 Å². The highest BCUT2D eigenvalue weighted by Crippen LogP contribution is 2.38. The molecule has 0 aliphatic rings. The number of nitrogens with zero attached hydrogens (tertiary/aromatic N) is 6. The summed E-state index contributed by atoms with van der Waals surface area (Å²) in [6, 6.07) is 0. The fourth-order valence-corrected chi connectivity index (χ4v) is 8.86. The van der Waals surface area contributed by atoms with Gasteiger partial charge in [-0.1, -0.05) is 6.92 Å². The first-order chi connectivity index (χ1) is 33.0. The molecule has 23 nitrogen and oxygen atoms in total. The number of anilines is 2. The van der Waals surface area contributed by atoms with Gasteiger partial charge in [0.15, 0.2) is 0 Å². The molecule has 0 radical (unpaired) electrons. The lowest BCUT2D eigenvalue weighted by atomic mass is 9.87. The molecule has 0 fully saturated rings. The number of rotatable bonds is 25. The lowest BCUT2D eigenvalue weighted by molar-refractivity contribution is -0.117. The van der Waals surface area contributed by atoms with E-state index < -0.39 is 118 Å². The first-order valence-corrected chi connectivity index (χ1v) is 23.1. The molecule has 0 aliphatic carbocycles.